The Morgan fingerprint density at radius 2 is 2.29 bits per heavy atom. The molecular formula is C9H6F2N2O. The summed E-state index contributed by atoms with van der Waals surface area (Å²) in [6, 6.07) is 2.71. The van der Waals surface area contributed by atoms with Crippen molar-refractivity contribution in [3.8, 4) is 6.07 Å². The van der Waals surface area contributed by atoms with Crippen molar-refractivity contribution in [2.24, 2.45) is 0 Å². The Morgan fingerprint density at radius 1 is 1.64 bits per heavy atom. The van der Waals surface area contributed by atoms with Gasteiger partial charge in [-0.25, -0.2) is 13.8 Å². The number of halogens is 2. The lowest BCUT2D eigenvalue weighted by atomic mass is 10.1. The lowest BCUT2D eigenvalue weighted by molar-refractivity contribution is 0.110. The van der Waals surface area contributed by atoms with Crippen molar-refractivity contribution in [2.45, 2.75) is 13.3 Å². The van der Waals surface area contributed by atoms with E-state index in [1.165, 1.54) is 6.92 Å². The number of hydrogen-bond acceptors (Lipinski definition) is 3. The quantitative estimate of drug-likeness (QED) is 0.680. The van der Waals surface area contributed by atoms with E-state index in [1.54, 1.807) is 6.07 Å². The van der Waals surface area contributed by atoms with Crippen LogP contribution in [0.5, 0.6) is 0 Å². The third-order valence-corrected chi connectivity index (χ3v) is 1.68. The molecule has 72 valence electrons. The van der Waals surface area contributed by atoms with Crippen LogP contribution in [0.4, 0.5) is 8.78 Å². The number of rotatable bonds is 2. The van der Waals surface area contributed by atoms with Crippen LogP contribution < -0.4 is 0 Å². The number of alkyl halides is 2. The van der Waals surface area contributed by atoms with Gasteiger partial charge in [0.25, 0.3) is 6.43 Å². The van der Waals surface area contributed by atoms with E-state index in [9.17, 15) is 13.6 Å². The molecule has 0 N–H and O–H groups in total. The molecule has 1 heterocycles. The van der Waals surface area contributed by atoms with E-state index in [0.717, 1.165) is 6.07 Å². The summed E-state index contributed by atoms with van der Waals surface area (Å²) in [6.45, 7) is 1.49. The molecule has 0 fully saturated rings. The Balaban J connectivity index is 3.49. The summed E-state index contributed by atoms with van der Waals surface area (Å²) in [7, 11) is 0. The number of carbonyl (C=O) groups excluding carboxylic acids is 1. The summed E-state index contributed by atoms with van der Waals surface area (Å²) in [6.07, 6.45) is -2.55. The van der Waals surface area contributed by atoms with Gasteiger partial charge in [0, 0.05) is 11.3 Å². The lowest BCUT2D eigenvalue weighted by Crippen LogP contribution is -2.01. The molecule has 0 aliphatic heterocycles. The Labute approximate surface area is 79.0 Å². The van der Waals surface area contributed by atoms with Crippen LogP contribution >= 0.6 is 0 Å². The highest BCUT2D eigenvalue weighted by atomic mass is 19.3. The minimum atomic E-state index is -2.77. The van der Waals surface area contributed by atoms with Gasteiger partial charge >= 0.3 is 0 Å². The van der Waals surface area contributed by atoms with Crippen LogP contribution in [-0.4, -0.2) is 11.3 Å². The molecule has 0 aliphatic rings. The van der Waals surface area contributed by atoms with E-state index in [4.69, 9.17) is 5.26 Å². The van der Waals surface area contributed by atoms with Crippen molar-refractivity contribution in [2.75, 3.05) is 0 Å². The van der Waals surface area contributed by atoms with Crippen molar-refractivity contribution in [3.05, 3.63) is 28.6 Å². The molecule has 5 heteroatoms. The topological polar surface area (TPSA) is 53.8 Å². The molecule has 0 unspecified atom stereocenters. The Kier molecular flexibility index (Phi) is 2.87. The number of nitrogens with zero attached hydrogens (tertiary/aromatic N) is 2. The van der Waals surface area contributed by atoms with Crippen LogP contribution in [-0.2, 0) is 0 Å². The zero-order chi connectivity index (χ0) is 10.7. The fraction of sp³-hybridized carbons (Fsp3) is 0.222. The zero-order valence-corrected chi connectivity index (χ0v) is 7.29. The van der Waals surface area contributed by atoms with Crippen molar-refractivity contribution < 1.29 is 13.6 Å². The number of aryl methyl sites for hydroxylation is 1. The first kappa shape index (κ1) is 10.3. The molecule has 1 aromatic heterocycles. The Bertz CT molecular complexity index is 410. The predicted molar refractivity (Wildman–Crippen MR) is 44.0 cm³/mol. The summed E-state index contributed by atoms with van der Waals surface area (Å²) >= 11 is 0. The fourth-order valence-corrected chi connectivity index (χ4v) is 1.10. The van der Waals surface area contributed by atoms with E-state index < -0.39 is 12.0 Å². The highest BCUT2D eigenvalue weighted by molar-refractivity contribution is 5.80. The van der Waals surface area contributed by atoms with Gasteiger partial charge < -0.3 is 0 Å². The van der Waals surface area contributed by atoms with Gasteiger partial charge in [-0.15, -0.1) is 0 Å². The summed E-state index contributed by atoms with van der Waals surface area (Å²) < 4.78 is 24.8. The minimum Gasteiger partial charge on any atom is -0.298 e. The Hall–Kier alpha value is -1.83. The zero-order valence-electron chi connectivity index (χ0n) is 7.29. The first-order valence-electron chi connectivity index (χ1n) is 3.75. The van der Waals surface area contributed by atoms with Crippen LogP contribution in [0.25, 0.3) is 0 Å². The smallest absolute Gasteiger partial charge is 0.264 e. The normalized spacial score (nSPS) is 9.93. The van der Waals surface area contributed by atoms with E-state index in [0.29, 0.717) is 5.69 Å². The number of nitriles is 1. The molecule has 0 aliphatic carbocycles. The van der Waals surface area contributed by atoms with Gasteiger partial charge in [-0.2, -0.15) is 5.26 Å². The maximum absolute atomic E-state index is 12.4. The summed E-state index contributed by atoms with van der Waals surface area (Å²) in [5, 5.41) is 8.56. The molecule has 1 aromatic rings. The van der Waals surface area contributed by atoms with Gasteiger partial charge in [0.1, 0.15) is 6.07 Å². The van der Waals surface area contributed by atoms with E-state index in [-0.39, 0.29) is 17.5 Å². The monoisotopic (exact) mass is 196 g/mol. The lowest BCUT2D eigenvalue weighted by Gasteiger charge is -2.05. The van der Waals surface area contributed by atoms with Crippen molar-refractivity contribution >= 4 is 6.29 Å². The third kappa shape index (κ3) is 1.74. The largest absolute Gasteiger partial charge is 0.298 e. The maximum Gasteiger partial charge on any atom is 0.264 e. The Morgan fingerprint density at radius 3 is 2.71 bits per heavy atom. The molecule has 3 nitrogen and oxygen atoms in total. The van der Waals surface area contributed by atoms with E-state index in [2.05, 4.69) is 4.98 Å². The molecule has 0 atom stereocenters. The van der Waals surface area contributed by atoms with Gasteiger partial charge in [0.2, 0.25) is 0 Å². The van der Waals surface area contributed by atoms with Crippen molar-refractivity contribution in [3.63, 3.8) is 0 Å². The third-order valence-electron chi connectivity index (χ3n) is 1.68. The van der Waals surface area contributed by atoms with Crippen molar-refractivity contribution in [1.29, 1.82) is 5.26 Å². The van der Waals surface area contributed by atoms with E-state index in [1.807, 2.05) is 0 Å². The summed E-state index contributed by atoms with van der Waals surface area (Å²) in [4.78, 5) is 14.2. The average Bonchev–Trinajstić information content (AvgIpc) is 2.16. The number of pyridine rings is 1. The summed E-state index contributed by atoms with van der Waals surface area (Å²) in [5.74, 6) is 0. The number of carbonyl (C=O) groups is 1. The second-order valence-corrected chi connectivity index (χ2v) is 2.65. The number of aldehydes is 1. The SMILES string of the molecule is Cc1cc(C(F)F)c(C=O)c(C#N)n1. The minimum absolute atomic E-state index is 0.229. The van der Waals surface area contributed by atoms with Crippen LogP contribution in [0.15, 0.2) is 6.07 Å². The first-order valence-corrected chi connectivity index (χ1v) is 3.75. The molecule has 14 heavy (non-hydrogen) atoms. The van der Waals surface area contributed by atoms with Gasteiger partial charge in [-0.3, -0.25) is 4.79 Å². The number of aromatic nitrogens is 1. The molecule has 0 amide bonds. The van der Waals surface area contributed by atoms with Gasteiger partial charge in [0.15, 0.2) is 12.0 Å². The standard InChI is InChI=1S/C9H6F2N2O/c1-5-2-6(9(10)11)7(4-14)8(3-12)13-5/h2,4,9H,1H3. The summed E-state index contributed by atoms with van der Waals surface area (Å²) in [5.41, 5.74) is -0.727. The van der Waals surface area contributed by atoms with Crippen LogP contribution in [0.2, 0.25) is 0 Å². The average molecular weight is 196 g/mol. The number of hydrogen-bond donors (Lipinski definition) is 0. The molecule has 0 aromatic carbocycles. The second-order valence-electron chi connectivity index (χ2n) is 2.65. The van der Waals surface area contributed by atoms with Gasteiger partial charge in [0.05, 0.1) is 5.56 Å². The second kappa shape index (κ2) is 3.92. The van der Waals surface area contributed by atoms with Crippen LogP contribution in [0, 0.1) is 18.3 Å². The highest BCUT2D eigenvalue weighted by Gasteiger charge is 2.17. The van der Waals surface area contributed by atoms with E-state index >= 15 is 0 Å². The molecule has 1 rings (SSSR count). The molecule has 0 spiro atoms. The molecule has 0 saturated carbocycles. The van der Waals surface area contributed by atoms with Crippen LogP contribution in [0.3, 0.4) is 0 Å². The van der Waals surface area contributed by atoms with Gasteiger partial charge in [-0.05, 0) is 13.0 Å². The van der Waals surface area contributed by atoms with Gasteiger partial charge in [-0.1, -0.05) is 0 Å². The first-order chi connectivity index (χ1) is 6.60. The molecular weight excluding hydrogens is 190 g/mol. The predicted octanol–water partition coefficient (Wildman–Crippen LogP) is 2.01. The van der Waals surface area contributed by atoms with Crippen LogP contribution in [0.1, 0.15) is 33.7 Å². The molecule has 0 bridgehead atoms. The molecule has 0 radical (unpaired) electrons. The van der Waals surface area contributed by atoms with Crippen molar-refractivity contribution in [1.82, 2.24) is 4.98 Å². The fourth-order valence-electron chi connectivity index (χ4n) is 1.10. The maximum atomic E-state index is 12.4. The molecule has 0 saturated heterocycles. The highest BCUT2D eigenvalue weighted by Crippen LogP contribution is 2.23.